The van der Waals surface area contributed by atoms with E-state index >= 15 is 0 Å². The SMILES string of the molecule is O=C(C=Cc1c(Cl)cccc1Cl)N1CCN(S(=O)(=O)Cc2ccccc2)CC1. The maximum atomic E-state index is 12.6. The number of carbonyl (C=O) groups excluding carboxylic acids is 1. The van der Waals surface area contributed by atoms with E-state index in [1.165, 1.54) is 10.4 Å². The second kappa shape index (κ2) is 9.09. The lowest BCUT2D eigenvalue weighted by molar-refractivity contribution is -0.127. The minimum absolute atomic E-state index is 0.0350. The van der Waals surface area contributed by atoms with E-state index in [-0.39, 0.29) is 24.7 Å². The molecule has 1 heterocycles. The van der Waals surface area contributed by atoms with Crippen molar-refractivity contribution >= 4 is 45.2 Å². The molecule has 1 amide bonds. The van der Waals surface area contributed by atoms with Gasteiger partial charge < -0.3 is 4.90 Å². The van der Waals surface area contributed by atoms with Gasteiger partial charge in [0.05, 0.1) is 5.75 Å². The van der Waals surface area contributed by atoms with E-state index in [1.54, 1.807) is 41.3 Å². The number of benzene rings is 2. The molecular weight excluding hydrogens is 419 g/mol. The lowest BCUT2D eigenvalue weighted by Crippen LogP contribution is -2.50. The Balaban J connectivity index is 1.59. The van der Waals surface area contributed by atoms with Gasteiger partial charge in [0.1, 0.15) is 0 Å². The zero-order chi connectivity index (χ0) is 20.1. The Labute approximate surface area is 175 Å². The first-order valence-electron chi connectivity index (χ1n) is 8.79. The summed E-state index contributed by atoms with van der Waals surface area (Å²) >= 11 is 12.2. The van der Waals surface area contributed by atoms with Gasteiger partial charge in [-0.1, -0.05) is 59.6 Å². The molecule has 0 N–H and O–H groups in total. The molecule has 5 nitrogen and oxygen atoms in total. The topological polar surface area (TPSA) is 57.7 Å². The summed E-state index contributed by atoms with van der Waals surface area (Å²) in [5.74, 6) is -0.233. The molecule has 2 aromatic rings. The number of sulfonamides is 1. The molecule has 1 aliphatic rings. The molecule has 0 spiro atoms. The highest BCUT2D eigenvalue weighted by Crippen LogP contribution is 2.25. The number of amides is 1. The van der Waals surface area contributed by atoms with Gasteiger partial charge in [-0.15, -0.1) is 0 Å². The van der Waals surface area contributed by atoms with Gasteiger partial charge in [-0.3, -0.25) is 4.79 Å². The number of carbonyl (C=O) groups is 1. The first-order valence-corrected chi connectivity index (χ1v) is 11.2. The van der Waals surface area contributed by atoms with E-state index in [4.69, 9.17) is 23.2 Å². The Morgan fingerprint density at radius 3 is 2.14 bits per heavy atom. The lowest BCUT2D eigenvalue weighted by Gasteiger charge is -2.33. The minimum Gasteiger partial charge on any atom is -0.337 e. The average molecular weight is 439 g/mol. The maximum Gasteiger partial charge on any atom is 0.246 e. The Kier molecular flexibility index (Phi) is 6.78. The summed E-state index contributed by atoms with van der Waals surface area (Å²) in [5.41, 5.74) is 1.34. The van der Waals surface area contributed by atoms with Crippen LogP contribution in [0.2, 0.25) is 10.0 Å². The number of hydrogen-bond donors (Lipinski definition) is 0. The molecule has 0 bridgehead atoms. The Hall–Kier alpha value is -1.86. The molecule has 0 radical (unpaired) electrons. The molecule has 1 saturated heterocycles. The molecule has 1 aliphatic heterocycles. The van der Waals surface area contributed by atoms with Crippen LogP contribution in [0.3, 0.4) is 0 Å². The molecule has 3 rings (SSSR count). The van der Waals surface area contributed by atoms with E-state index in [0.717, 1.165) is 5.56 Å². The number of halogens is 2. The predicted octanol–water partition coefficient (Wildman–Crippen LogP) is 3.68. The minimum atomic E-state index is -3.41. The Bertz CT molecular complexity index is 950. The van der Waals surface area contributed by atoms with Gasteiger partial charge in [-0.05, 0) is 23.8 Å². The highest BCUT2D eigenvalue weighted by Gasteiger charge is 2.28. The molecule has 0 unspecified atom stereocenters. The second-order valence-corrected chi connectivity index (χ2v) is 9.22. The third-order valence-electron chi connectivity index (χ3n) is 4.53. The van der Waals surface area contributed by atoms with Crippen molar-refractivity contribution in [2.24, 2.45) is 0 Å². The highest BCUT2D eigenvalue weighted by molar-refractivity contribution is 7.88. The van der Waals surface area contributed by atoms with Crippen molar-refractivity contribution in [1.82, 2.24) is 9.21 Å². The number of piperazine rings is 1. The van der Waals surface area contributed by atoms with Crippen LogP contribution in [-0.4, -0.2) is 49.7 Å². The van der Waals surface area contributed by atoms with Gasteiger partial charge in [0.2, 0.25) is 15.9 Å². The van der Waals surface area contributed by atoms with Crippen molar-refractivity contribution in [3.05, 3.63) is 75.8 Å². The predicted molar refractivity (Wildman–Crippen MR) is 113 cm³/mol. The van der Waals surface area contributed by atoms with E-state index < -0.39 is 10.0 Å². The van der Waals surface area contributed by atoms with Crippen molar-refractivity contribution in [2.45, 2.75) is 5.75 Å². The van der Waals surface area contributed by atoms with Gasteiger partial charge in [0, 0.05) is 47.9 Å². The monoisotopic (exact) mass is 438 g/mol. The summed E-state index contributed by atoms with van der Waals surface area (Å²) in [4.78, 5) is 14.0. The molecule has 2 aromatic carbocycles. The first kappa shape index (κ1) is 20.9. The van der Waals surface area contributed by atoms with E-state index in [1.807, 2.05) is 18.2 Å². The van der Waals surface area contributed by atoms with Crippen molar-refractivity contribution in [3.8, 4) is 0 Å². The fourth-order valence-corrected chi connectivity index (χ4v) is 5.03. The van der Waals surface area contributed by atoms with Crippen LogP contribution in [0.4, 0.5) is 0 Å². The first-order chi connectivity index (χ1) is 13.4. The van der Waals surface area contributed by atoms with Crippen molar-refractivity contribution in [2.75, 3.05) is 26.2 Å². The molecule has 0 saturated carbocycles. The summed E-state index contributed by atoms with van der Waals surface area (Å²) in [6, 6.07) is 14.2. The largest absolute Gasteiger partial charge is 0.337 e. The second-order valence-electron chi connectivity index (χ2n) is 6.43. The lowest BCUT2D eigenvalue weighted by atomic mass is 10.2. The normalized spacial score (nSPS) is 15.9. The van der Waals surface area contributed by atoms with Crippen LogP contribution in [0.5, 0.6) is 0 Å². The molecule has 28 heavy (non-hydrogen) atoms. The van der Waals surface area contributed by atoms with Crippen molar-refractivity contribution in [3.63, 3.8) is 0 Å². The number of hydrogen-bond acceptors (Lipinski definition) is 3. The van der Waals surface area contributed by atoms with E-state index in [2.05, 4.69) is 0 Å². The van der Waals surface area contributed by atoms with Crippen molar-refractivity contribution in [1.29, 1.82) is 0 Å². The molecule has 8 heteroatoms. The fraction of sp³-hybridized carbons (Fsp3) is 0.250. The molecule has 1 fully saturated rings. The van der Waals surface area contributed by atoms with Gasteiger partial charge in [0.15, 0.2) is 0 Å². The van der Waals surface area contributed by atoms with Crippen LogP contribution < -0.4 is 0 Å². The van der Waals surface area contributed by atoms with E-state index in [0.29, 0.717) is 28.7 Å². The maximum absolute atomic E-state index is 12.6. The van der Waals surface area contributed by atoms with E-state index in [9.17, 15) is 13.2 Å². The summed E-state index contributed by atoms with van der Waals surface area (Å²) in [7, 11) is -3.41. The van der Waals surface area contributed by atoms with Crippen LogP contribution in [0, 0.1) is 0 Å². The quantitative estimate of drug-likeness (QED) is 0.668. The third kappa shape index (κ3) is 5.14. The smallest absolute Gasteiger partial charge is 0.246 e. The van der Waals surface area contributed by atoms with Gasteiger partial charge in [0.25, 0.3) is 0 Å². The zero-order valence-electron chi connectivity index (χ0n) is 15.1. The molecule has 0 aliphatic carbocycles. The molecule has 0 atom stereocenters. The average Bonchev–Trinajstić information content (AvgIpc) is 2.68. The third-order valence-corrected chi connectivity index (χ3v) is 7.04. The fourth-order valence-electron chi connectivity index (χ4n) is 2.99. The summed E-state index contributed by atoms with van der Waals surface area (Å²) in [6.07, 6.45) is 3.01. The summed E-state index contributed by atoms with van der Waals surface area (Å²) in [5, 5.41) is 0.932. The summed E-state index contributed by atoms with van der Waals surface area (Å²) in [6.45, 7) is 1.24. The number of rotatable bonds is 5. The molecular formula is C20H20Cl2N2O3S. The van der Waals surface area contributed by atoms with Crippen LogP contribution in [0.15, 0.2) is 54.6 Å². The highest BCUT2D eigenvalue weighted by atomic mass is 35.5. The molecule has 148 valence electrons. The molecule has 0 aromatic heterocycles. The standard InChI is InChI=1S/C20H20Cl2N2O3S/c21-18-7-4-8-19(22)17(18)9-10-20(25)23-11-13-24(14-12-23)28(26,27)15-16-5-2-1-3-6-16/h1-10H,11-15H2. The summed E-state index contributed by atoms with van der Waals surface area (Å²) < 4.78 is 26.6. The Morgan fingerprint density at radius 1 is 0.929 bits per heavy atom. The van der Waals surface area contributed by atoms with Crippen LogP contribution >= 0.6 is 23.2 Å². The Morgan fingerprint density at radius 2 is 1.54 bits per heavy atom. The van der Waals surface area contributed by atoms with Crippen LogP contribution in [0.25, 0.3) is 6.08 Å². The zero-order valence-corrected chi connectivity index (χ0v) is 17.4. The van der Waals surface area contributed by atoms with Gasteiger partial charge in [-0.25, -0.2) is 8.42 Å². The van der Waals surface area contributed by atoms with Gasteiger partial charge in [-0.2, -0.15) is 4.31 Å². The van der Waals surface area contributed by atoms with Crippen molar-refractivity contribution < 1.29 is 13.2 Å². The van der Waals surface area contributed by atoms with Crippen LogP contribution in [-0.2, 0) is 20.6 Å². The van der Waals surface area contributed by atoms with Crippen LogP contribution in [0.1, 0.15) is 11.1 Å². The van der Waals surface area contributed by atoms with Gasteiger partial charge >= 0.3 is 0 Å². The number of nitrogens with zero attached hydrogens (tertiary/aromatic N) is 2.